The number of aromatic nitrogens is 4. The molecule has 7 heteroatoms. The quantitative estimate of drug-likeness (QED) is 0.774. The maximum atomic E-state index is 12.0. The van der Waals surface area contributed by atoms with Gasteiger partial charge in [0.15, 0.2) is 5.13 Å². The highest BCUT2D eigenvalue weighted by atomic mass is 32.1. The van der Waals surface area contributed by atoms with Gasteiger partial charge in [-0.1, -0.05) is 0 Å². The van der Waals surface area contributed by atoms with Crippen molar-refractivity contribution >= 4 is 22.4 Å². The monoisotopic (exact) mass is 285 g/mol. The molecule has 0 saturated heterocycles. The van der Waals surface area contributed by atoms with Crippen LogP contribution in [0, 0.1) is 6.92 Å². The number of hydrogen-bond donors (Lipinski definition) is 2. The van der Waals surface area contributed by atoms with Crippen LogP contribution >= 0.6 is 11.3 Å². The third-order valence-electron chi connectivity index (χ3n) is 2.61. The number of hydrogen-bond acceptors (Lipinski definition) is 5. The van der Waals surface area contributed by atoms with Crippen LogP contribution in [0.15, 0.2) is 36.1 Å². The van der Waals surface area contributed by atoms with Gasteiger partial charge < -0.3 is 4.98 Å². The number of carbonyl (C=O) groups excluding carboxylic acids is 1. The lowest BCUT2D eigenvalue weighted by Crippen LogP contribution is -2.13. The first-order valence-corrected chi connectivity index (χ1v) is 6.79. The van der Waals surface area contributed by atoms with Crippen LogP contribution in [0.1, 0.15) is 16.2 Å². The largest absolute Gasteiger partial charge is 0.360 e. The Labute approximate surface area is 118 Å². The van der Waals surface area contributed by atoms with Crippen LogP contribution in [0.3, 0.4) is 0 Å². The van der Waals surface area contributed by atoms with Crippen LogP contribution < -0.4 is 5.32 Å². The van der Waals surface area contributed by atoms with Gasteiger partial charge in [0.25, 0.3) is 5.91 Å². The molecule has 0 saturated carbocycles. The molecule has 3 heterocycles. The lowest BCUT2D eigenvalue weighted by atomic mass is 10.3. The fourth-order valence-electron chi connectivity index (χ4n) is 1.62. The molecule has 0 spiro atoms. The number of anilines is 1. The number of rotatable bonds is 3. The average molecular weight is 285 g/mol. The van der Waals surface area contributed by atoms with Crippen molar-refractivity contribution in [2.24, 2.45) is 0 Å². The lowest BCUT2D eigenvalue weighted by molar-refractivity contribution is 0.102. The number of H-pyrrole nitrogens is 1. The fraction of sp³-hybridized carbons (Fsp3) is 0.0769. The van der Waals surface area contributed by atoms with E-state index >= 15 is 0 Å². The van der Waals surface area contributed by atoms with Crippen LogP contribution in [-0.2, 0) is 0 Å². The second-order valence-electron chi connectivity index (χ2n) is 4.12. The van der Waals surface area contributed by atoms with E-state index in [4.69, 9.17) is 0 Å². The summed E-state index contributed by atoms with van der Waals surface area (Å²) < 4.78 is 0. The Morgan fingerprint density at radius 2 is 2.25 bits per heavy atom. The van der Waals surface area contributed by atoms with Gasteiger partial charge in [0, 0.05) is 17.8 Å². The molecular formula is C13H11N5OS. The van der Waals surface area contributed by atoms with E-state index in [-0.39, 0.29) is 11.6 Å². The van der Waals surface area contributed by atoms with E-state index in [1.54, 1.807) is 6.20 Å². The Morgan fingerprint density at radius 3 is 2.95 bits per heavy atom. The number of aromatic amines is 1. The number of nitrogens with zero attached hydrogens (tertiary/aromatic N) is 3. The van der Waals surface area contributed by atoms with Crippen molar-refractivity contribution in [2.45, 2.75) is 6.92 Å². The predicted octanol–water partition coefficient (Wildman–Crippen LogP) is 2.49. The minimum atomic E-state index is -0.315. The summed E-state index contributed by atoms with van der Waals surface area (Å²) in [5, 5.41) is 5.12. The SMILES string of the molecule is Cc1cnc(C(=O)Nc2nc(-c3ccc[nH]3)cs2)cn1. The van der Waals surface area contributed by atoms with E-state index < -0.39 is 0 Å². The highest BCUT2D eigenvalue weighted by Crippen LogP contribution is 2.23. The van der Waals surface area contributed by atoms with Gasteiger partial charge in [-0.25, -0.2) is 9.97 Å². The number of carbonyl (C=O) groups is 1. The van der Waals surface area contributed by atoms with Crippen molar-refractivity contribution in [3.05, 3.63) is 47.5 Å². The Balaban J connectivity index is 1.75. The van der Waals surface area contributed by atoms with E-state index in [2.05, 4.69) is 25.3 Å². The van der Waals surface area contributed by atoms with E-state index in [1.807, 2.05) is 30.6 Å². The zero-order chi connectivity index (χ0) is 13.9. The van der Waals surface area contributed by atoms with Gasteiger partial charge in [0.05, 0.1) is 23.3 Å². The van der Waals surface area contributed by atoms with Gasteiger partial charge in [0.1, 0.15) is 5.69 Å². The zero-order valence-corrected chi connectivity index (χ0v) is 11.4. The number of amides is 1. The topological polar surface area (TPSA) is 83.6 Å². The highest BCUT2D eigenvalue weighted by Gasteiger charge is 2.11. The molecule has 0 radical (unpaired) electrons. The Morgan fingerprint density at radius 1 is 1.35 bits per heavy atom. The maximum Gasteiger partial charge on any atom is 0.277 e. The van der Waals surface area contributed by atoms with Gasteiger partial charge >= 0.3 is 0 Å². The molecule has 0 aliphatic heterocycles. The normalized spacial score (nSPS) is 10.4. The third-order valence-corrected chi connectivity index (χ3v) is 3.37. The van der Waals surface area contributed by atoms with Gasteiger partial charge in [-0.15, -0.1) is 11.3 Å². The van der Waals surface area contributed by atoms with Gasteiger partial charge in [0.2, 0.25) is 0 Å². The highest BCUT2D eigenvalue weighted by molar-refractivity contribution is 7.14. The van der Waals surface area contributed by atoms with Crippen molar-refractivity contribution in [2.75, 3.05) is 5.32 Å². The van der Waals surface area contributed by atoms with Crippen LogP contribution in [0.5, 0.6) is 0 Å². The van der Waals surface area contributed by atoms with Crippen molar-refractivity contribution in [1.82, 2.24) is 19.9 Å². The molecule has 3 aromatic heterocycles. The van der Waals surface area contributed by atoms with Gasteiger partial charge in [-0.3, -0.25) is 15.1 Å². The first kappa shape index (κ1) is 12.5. The van der Waals surface area contributed by atoms with E-state index in [0.29, 0.717) is 5.13 Å². The number of aryl methyl sites for hydroxylation is 1. The molecule has 20 heavy (non-hydrogen) atoms. The number of thiazole rings is 1. The standard InChI is InChI=1S/C13H11N5OS/c1-8-5-16-10(6-15-8)12(19)18-13-17-11(7-20-13)9-3-2-4-14-9/h2-7,14H,1H3,(H,17,18,19). The van der Waals surface area contributed by atoms with Crippen LogP contribution in [0.2, 0.25) is 0 Å². The summed E-state index contributed by atoms with van der Waals surface area (Å²) in [5.74, 6) is -0.315. The van der Waals surface area contributed by atoms with E-state index in [9.17, 15) is 4.79 Å². The molecule has 100 valence electrons. The molecule has 2 N–H and O–H groups in total. The third kappa shape index (κ3) is 2.57. The van der Waals surface area contributed by atoms with Crippen molar-refractivity contribution in [3.8, 4) is 11.4 Å². The second kappa shape index (κ2) is 5.22. The average Bonchev–Trinajstić information content (AvgIpc) is 3.09. The first-order chi connectivity index (χ1) is 9.72. The molecule has 0 atom stereocenters. The molecule has 0 unspecified atom stereocenters. The summed E-state index contributed by atoms with van der Waals surface area (Å²) in [7, 11) is 0. The molecular weight excluding hydrogens is 274 g/mol. The summed E-state index contributed by atoms with van der Waals surface area (Å²) in [6.07, 6.45) is 4.83. The summed E-state index contributed by atoms with van der Waals surface area (Å²) in [6, 6.07) is 3.82. The van der Waals surface area contributed by atoms with Crippen LogP contribution in [0.25, 0.3) is 11.4 Å². The summed E-state index contributed by atoms with van der Waals surface area (Å²) >= 11 is 1.36. The molecule has 3 aromatic rings. The van der Waals surface area contributed by atoms with Crippen LogP contribution in [0.4, 0.5) is 5.13 Å². The van der Waals surface area contributed by atoms with Crippen molar-refractivity contribution < 1.29 is 4.79 Å². The number of nitrogens with one attached hydrogen (secondary N) is 2. The molecule has 1 amide bonds. The van der Waals surface area contributed by atoms with E-state index in [0.717, 1.165) is 17.1 Å². The molecule has 3 rings (SSSR count). The fourth-order valence-corrected chi connectivity index (χ4v) is 2.32. The zero-order valence-electron chi connectivity index (χ0n) is 10.6. The van der Waals surface area contributed by atoms with Crippen molar-refractivity contribution in [1.29, 1.82) is 0 Å². The lowest BCUT2D eigenvalue weighted by Gasteiger charge is -2.00. The van der Waals surface area contributed by atoms with E-state index in [1.165, 1.54) is 17.5 Å². The van der Waals surface area contributed by atoms with Crippen molar-refractivity contribution in [3.63, 3.8) is 0 Å². The first-order valence-electron chi connectivity index (χ1n) is 5.91. The van der Waals surface area contributed by atoms with Crippen LogP contribution in [-0.4, -0.2) is 25.8 Å². The summed E-state index contributed by atoms with van der Waals surface area (Å²) in [6.45, 7) is 1.82. The predicted molar refractivity (Wildman–Crippen MR) is 76.6 cm³/mol. The smallest absolute Gasteiger partial charge is 0.277 e. The molecule has 0 bridgehead atoms. The Bertz CT molecular complexity index is 718. The molecule has 0 aliphatic carbocycles. The molecule has 6 nitrogen and oxygen atoms in total. The summed E-state index contributed by atoms with van der Waals surface area (Å²) in [5.41, 5.74) is 2.75. The minimum absolute atomic E-state index is 0.271. The Kier molecular flexibility index (Phi) is 3.26. The molecule has 0 fully saturated rings. The minimum Gasteiger partial charge on any atom is -0.360 e. The second-order valence-corrected chi connectivity index (χ2v) is 4.98. The molecule has 0 aromatic carbocycles. The maximum absolute atomic E-state index is 12.0. The summed E-state index contributed by atoms with van der Waals surface area (Å²) in [4.78, 5) is 27.4. The Hall–Kier alpha value is -2.54. The van der Waals surface area contributed by atoms with Gasteiger partial charge in [-0.05, 0) is 19.1 Å². The molecule has 0 aliphatic rings. The van der Waals surface area contributed by atoms with Gasteiger partial charge in [-0.2, -0.15) is 0 Å².